The topological polar surface area (TPSA) is 52.3 Å². The van der Waals surface area contributed by atoms with Gasteiger partial charge in [0.15, 0.2) is 0 Å². The van der Waals surface area contributed by atoms with Crippen molar-refractivity contribution >= 4 is 20.9 Å². The minimum atomic E-state index is -0.748. The number of esters is 1. The fourth-order valence-electron chi connectivity index (χ4n) is 0.286. The number of nitrogens with two attached hydrogens (primary N) is 1. The van der Waals surface area contributed by atoms with Gasteiger partial charge in [-0.15, -0.1) is 0 Å². The molecule has 0 aromatic carbocycles. The summed E-state index contributed by atoms with van der Waals surface area (Å²) < 4.78 is 3.71. The van der Waals surface area contributed by atoms with Gasteiger partial charge in [-0.1, -0.05) is 0 Å². The molecule has 54 valence electrons. The molecule has 2 N–H and O–H groups in total. The standard InChI is InChI=1S/C5H11NO2Se/c1-5(6,9-3)4(7)8-2/h6H2,1-3H3. The van der Waals surface area contributed by atoms with Gasteiger partial charge in [0.1, 0.15) is 0 Å². The fourth-order valence-corrected chi connectivity index (χ4v) is 0.811. The molecule has 0 aromatic rings. The van der Waals surface area contributed by atoms with Gasteiger partial charge in [0.05, 0.1) is 0 Å². The number of hydrogen-bond acceptors (Lipinski definition) is 3. The SMILES string of the molecule is COC(=O)C(C)(N)[Se]C. The van der Waals surface area contributed by atoms with Crippen molar-refractivity contribution < 1.29 is 9.53 Å². The number of rotatable bonds is 2. The molecule has 0 aliphatic heterocycles. The zero-order chi connectivity index (χ0) is 7.49. The predicted molar refractivity (Wildman–Crippen MR) is 36.2 cm³/mol. The number of hydrogen-bond donors (Lipinski definition) is 1. The van der Waals surface area contributed by atoms with E-state index in [1.165, 1.54) is 7.11 Å². The van der Waals surface area contributed by atoms with Crippen LogP contribution < -0.4 is 5.73 Å². The summed E-state index contributed by atoms with van der Waals surface area (Å²) >= 11 is 0.0973. The second-order valence-electron chi connectivity index (χ2n) is 1.80. The molecule has 0 radical (unpaired) electrons. The van der Waals surface area contributed by atoms with E-state index in [0.29, 0.717) is 0 Å². The van der Waals surface area contributed by atoms with Crippen LogP contribution in [0.25, 0.3) is 0 Å². The third kappa shape index (κ3) is 2.35. The van der Waals surface area contributed by atoms with E-state index in [0.717, 1.165) is 0 Å². The van der Waals surface area contributed by atoms with E-state index in [2.05, 4.69) is 4.74 Å². The van der Waals surface area contributed by atoms with Crippen LogP contribution in [0, 0.1) is 0 Å². The molecule has 9 heavy (non-hydrogen) atoms. The molecule has 0 saturated heterocycles. The van der Waals surface area contributed by atoms with E-state index in [1.807, 2.05) is 5.82 Å². The summed E-state index contributed by atoms with van der Waals surface area (Å²) in [7, 11) is 1.35. The van der Waals surface area contributed by atoms with E-state index in [-0.39, 0.29) is 20.9 Å². The van der Waals surface area contributed by atoms with Crippen LogP contribution in [0.1, 0.15) is 6.92 Å². The van der Waals surface area contributed by atoms with Crippen LogP contribution in [-0.2, 0) is 9.53 Å². The van der Waals surface area contributed by atoms with E-state index < -0.39 is 4.44 Å². The van der Waals surface area contributed by atoms with Crippen LogP contribution in [0.15, 0.2) is 0 Å². The summed E-state index contributed by atoms with van der Waals surface area (Å²) in [5, 5.41) is 0. The molecule has 0 fully saturated rings. The maximum absolute atomic E-state index is 10.7. The predicted octanol–water partition coefficient (Wildman–Crippen LogP) is -0.413. The average molecular weight is 196 g/mol. The molecular formula is C5H11NO2Se. The number of methoxy groups -OCH3 is 1. The summed E-state index contributed by atoms with van der Waals surface area (Å²) in [6.45, 7) is 1.68. The van der Waals surface area contributed by atoms with Crippen LogP contribution in [0.5, 0.6) is 0 Å². The van der Waals surface area contributed by atoms with Gasteiger partial charge in [0.25, 0.3) is 0 Å². The van der Waals surface area contributed by atoms with Crippen LogP contribution >= 0.6 is 0 Å². The second kappa shape index (κ2) is 3.20. The van der Waals surface area contributed by atoms with Crippen molar-refractivity contribution in [3.63, 3.8) is 0 Å². The van der Waals surface area contributed by atoms with Gasteiger partial charge in [0, 0.05) is 0 Å². The first-order valence-electron chi connectivity index (χ1n) is 2.47. The number of carbonyl (C=O) groups excluding carboxylic acids is 1. The molecule has 0 heterocycles. The van der Waals surface area contributed by atoms with Crippen molar-refractivity contribution in [1.82, 2.24) is 0 Å². The van der Waals surface area contributed by atoms with Crippen LogP contribution in [-0.4, -0.2) is 32.5 Å². The maximum atomic E-state index is 10.7. The van der Waals surface area contributed by atoms with Gasteiger partial charge in [-0.25, -0.2) is 0 Å². The van der Waals surface area contributed by atoms with Crippen molar-refractivity contribution in [3.05, 3.63) is 0 Å². The van der Waals surface area contributed by atoms with Crippen molar-refractivity contribution in [1.29, 1.82) is 0 Å². The third-order valence-electron chi connectivity index (χ3n) is 1.01. The molecule has 0 aliphatic carbocycles. The van der Waals surface area contributed by atoms with Gasteiger partial charge in [-0.3, -0.25) is 0 Å². The second-order valence-corrected chi connectivity index (χ2v) is 4.44. The Hall–Kier alpha value is -0.0505. The summed E-state index contributed by atoms with van der Waals surface area (Å²) in [4.78, 5) is 10.7. The summed E-state index contributed by atoms with van der Waals surface area (Å²) in [5.41, 5.74) is 5.52. The molecule has 0 amide bonds. The summed E-state index contributed by atoms with van der Waals surface area (Å²) in [5.74, 6) is 1.58. The molecule has 0 aromatic heterocycles. The van der Waals surface area contributed by atoms with Crippen molar-refractivity contribution in [2.24, 2.45) is 5.73 Å². The van der Waals surface area contributed by atoms with Crippen molar-refractivity contribution in [3.8, 4) is 0 Å². The molecular weight excluding hydrogens is 185 g/mol. The molecule has 0 saturated carbocycles. The molecule has 1 atom stereocenters. The van der Waals surface area contributed by atoms with Crippen LogP contribution in [0.3, 0.4) is 0 Å². The number of carbonyl (C=O) groups is 1. The van der Waals surface area contributed by atoms with Gasteiger partial charge in [0.2, 0.25) is 0 Å². The van der Waals surface area contributed by atoms with Gasteiger partial charge in [-0.2, -0.15) is 0 Å². The van der Waals surface area contributed by atoms with E-state index >= 15 is 0 Å². The zero-order valence-electron chi connectivity index (χ0n) is 5.80. The molecule has 3 nitrogen and oxygen atoms in total. The van der Waals surface area contributed by atoms with Gasteiger partial charge in [-0.05, 0) is 0 Å². The molecule has 0 bridgehead atoms. The van der Waals surface area contributed by atoms with Crippen molar-refractivity contribution in [2.45, 2.75) is 17.2 Å². The Bertz CT molecular complexity index is 114. The Kier molecular flexibility index (Phi) is 3.18. The Labute approximate surface area is 61.1 Å². The molecule has 0 rings (SSSR count). The first-order valence-corrected chi connectivity index (χ1v) is 5.04. The molecule has 0 aliphatic rings. The molecule has 1 unspecified atom stereocenters. The fraction of sp³-hybridized carbons (Fsp3) is 0.800. The summed E-state index contributed by atoms with van der Waals surface area (Å²) in [6.07, 6.45) is 0. The minimum absolute atomic E-state index is 0.0973. The Balaban J connectivity index is 3.97. The monoisotopic (exact) mass is 197 g/mol. The molecule has 4 heteroatoms. The average Bonchev–Trinajstić information content (AvgIpc) is 1.86. The Morgan fingerprint density at radius 3 is 2.33 bits per heavy atom. The first kappa shape index (κ1) is 8.95. The zero-order valence-corrected chi connectivity index (χ0v) is 7.52. The Morgan fingerprint density at radius 2 is 2.22 bits per heavy atom. The summed E-state index contributed by atoms with van der Waals surface area (Å²) in [6, 6.07) is 0. The van der Waals surface area contributed by atoms with Crippen LogP contribution in [0.4, 0.5) is 0 Å². The number of ether oxygens (including phenoxy) is 1. The van der Waals surface area contributed by atoms with Gasteiger partial charge >= 0.3 is 60.5 Å². The van der Waals surface area contributed by atoms with Gasteiger partial charge < -0.3 is 0 Å². The van der Waals surface area contributed by atoms with E-state index in [1.54, 1.807) is 6.92 Å². The van der Waals surface area contributed by atoms with E-state index in [4.69, 9.17) is 5.73 Å². The third-order valence-corrected chi connectivity index (χ3v) is 3.14. The quantitative estimate of drug-likeness (QED) is 0.482. The normalized spacial score (nSPS) is 16.4. The van der Waals surface area contributed by atoms with Crippen LogP contribution in [0.2, 0.25) is 5.82 Å². The first-order chi connectivity index (χ1) is 4.04. The molecule has 0 spiro atoms. The Morgan fingerprint density at radius 1 is 1.78 bits per heavy atom. The van der Waals surface area contributed by atoms with E-state index in [9.17, 15) is 4.79 Å². The van der Waals surface area contributed by atoms with Crippen molar-refractivity contribution in [2.75, 3.05) is 7.11 Å².